The van der Waals surface area contributed by atoms with E-state index in [0.29, 0.717) is 45.3 Å². The summed E-state index contributed by atoms with van der Waals surface area (Å²) >= 11 is 6.13. The Kier molecular flexibility index (Phi) is 7.39. The lowest BCUT2D eigenvalue weighted by molar-refractivity contribution is -0.136. The quantitative estimate of drug-likeness (QED) is 0.371. The molecule has 4 rings (SSSR count). The fourth-order valence-corrected chi connectivity index (χ4v) is 3.98. The highest BCUT2D eigenvalue weighted by molar-refractivity contribution is 6.38. The predicted molar refractivity (Wildman–Crippen MR) is 139 cm³/mol. The van der Waals surface area contributed by atoms with Crippen molar-refractivity contribution >= 4 is 46.1 Å². The molecule has 0 saturated heterocycles. The summed E-state index contributed by atoms with van der Waals surface area (Å²) in [5, 5.41) is 16.0. The molecule has 7 nitrogen and oxygen atoms in total. The average molecular weight is 492 g/mol. The molecule has 0 radical (unpaired) electrons. The second-order valence-corrected chi connectivity index (χ2v) is 8.90. The first-order valence-corrected chi connectivity index (χ1v) is 11.5. The highest BCUT2D eigenvalue weighted by atomic mass is 35.5. The van der Waals surface area contributed by atoms with Crippen LogP contribution in [0.4, 0.5) is 11.4 Å². The van der Waals surface area contributed by atoms with Gasteiger partial charge in [-0.25, -0.2) is 0 Å². The number of hydrogen-bond acceptors (Lipinski definition) is 5. The highest BCUT2D eigenvalue weighted by Crippen LogP contribution is 2.39. The van der Waals surface area contributed by atoms with Crippen molar-refractivity contribution in [2.45, 2.75) is 6.42 Å². The number of aliphatic carboxylic acids is 1. The summed E-state index contributed by atoms with van der Waals surface area (Å²) in [5.74, 6) is -0.446. The Labute approximate surface area is 209 Å². The van der Waals surface area contributed by atoms with E-state index in [1.165, 1.54) is 0 Å². The molecule has 0 aliphatic carbocycles. The van der Waals surface area contributed by atoms with Gasteiger partial charge in [0.05, 0.1) is 23.4 Å². The van der Waals surface area contributed by atoms with E-state index < -0.39 is 5.97 Å². The summed E-state index contributed by atoms with van der Waals surface area (Å²) in [5.41, 5.74) is 4.45. The van der Waals surface area contributed by atoms with Crippen LogP contribution in [0.1, 0.15) is 16.7 Å². The van der Waals surface area contributed by atoms with Crippen LogP contribution in [0, 0.1) is 0 Å². The molecule has 0 aromatic heterocycles. The standard InChI is InChI=1S/C27H26ClN3O4/c1-31(2)12-13-35-21-9-7-20(8-10-21)29-26(18-5-3-4-17(14-18)15-24(32)33)25-22-11-6-19(28)16-23(22)30-27(25)34/h3-11,14,16,29H,12-13,15H2,1-2H3,(H,30,34)(H,32,33). The van der Waals surface area contributed by atoms with Crippen molar-refractivity contribution < 1.29 is 19.4 Å². The molecule has 3 aromatic carbocycles. The molecule has 35 heavy (non-hydrogen) atoms. The molecule has 0 saturated carbocycles. The minimum absolute atomic E-state index is 0.117. The molecule has 3 N–H and O–H groups in total. The van der Waals surface area contributed by atoms with Crippen LogP contribution in [0.5, 0.6) is 5.75 Å². The minimum Gasteiger partial charge on any atom is -0.492 e. The van der Waals surface area contributed by atoms with Crippen LogP contribution in [0.2, 0.25) is 5.02 Å². The number of hydrogen-bond donors (Lipinski definition) is 3. The number of carboxylic acid groups (broad SMARTS) is 1. The molecule has 0 unspecified atom stereocenters. The zero-order chi connectivity index (χ0) is 24.9. The number of benzene rings is 3. The largest absolute Gasteiger partial charge is 0.492 e. The van der Waals surface area contributed by atoms with Gasteiger partial charge in [-0.3, -0.25) is 9.59 Å². The predicted octanol–water partition coefficient (Wildman–Crippen LogP) is 4.84. The third-order valence-corrected chi connectivity index (χ3v) is 5.71. The maximum Gasteiger partial charge on any atom is 0.307 e. The summed E-state index contributed by atoms with van der Waals surface area (Å²) in [4.78, 5) is 26.4. The van der Waals surface area contributed by atoms with Crippen LogP contribution < -0.4 is 15.4 Å². The maximum absolute atomic E-state index is 13.1. The molecule has 180 valence electrons. The number of nitrogens with one attached hydrogen (secondary N) is 2. The topological polar surface area (TPSA) is 90.9 Å². The lowest BCUT2D eigenvalue weighted by Gasteiger charge is -2.16. The number of halogens is 1. The lowest BCUT2D eigenvalue weighted by atomic mass is 9.98. The molecule has 1 aliphatic rings. The number of ether oxygens (including phenoxy) is 1. The number of amides is 1. The SMILES string of the molecule is CN(C)CCOc1ccc(NC(=C2C(=O)Nc3cc(Cl)ccc32)c2cccc(CC(=O)O)c2)cc1. The van der Waals surface area contributed by atoms with Crippen LogP contribution in [-0.2, 0) is 16.0 Å². The van der Waals surface area contributed by atoms with Gasteiger partial charge in [0.2, 0.25) is 0 Å². The van der Waals surface area contributed by atoms with Gasteiger partial charge in [0, 0.05) is 22.8 Å². The first-order valence-electron chi connectivity index (χ1n) is 11.1. The molecule has 0 spiro atoms. The normalized spacial score (nSPS) is 13.9. The summed E-state index contributed by atoms with van der Waals surface area (Å²) in [6.45, 7) is 1.38. The molecule has 0 atom stereocenters. The van der Waals surface area contributed by atoms with Crippen molar-refractivity contribution in [1.29, 1.82) is 0 Å². The Morgan fingerprint density at radius 1 is 1.09 bits per heavy atom. The number of carbonyl (C=O) groups is 2. The molecule has 8 heteroatoms. The fourth-order valence-electron chi connectivity index (χ4n) is 3.81. The van der Waals surface area contributed by atoms with Gasteiger partial charge in [0.15, 0.2) is 0 Å². The van der Waals surface area contributed by atoms with Gasteiger partial charge in [-0.1, -0.05) is 35.9 Å². The van der Waals surface area contributed by atoms with E-state index in [4.69, 9.17) is 16.3 Å². The molecule has 0 fully saturated rings. The smallest absolute Gasteiger partial charge is 0.307 e. The van der Waals surface area contributed by atoms with Crippen molar-refractivity contribution in [2.75, 3.05) is 37.9 Å². The van der Waals surface area contributed by atoms with Gasteiger partial charge < -0.3 is 25.4 Å². The number of rotatable bonds is 9. The van der Waals surface area contributed by atoms with Crippen molar-refractivity contribution in [3.8, 4) is 5.75 Å². The molecule has 3 aromatic rings. The number of likely N-dealkylation sites (N-methyl/N-ethyl adjacent to an activating group) is 1. The van der Waals surface area contributed by atoms with E-state index in [1.807, 2.05) is 49.3 Å². The molecule has 1 heterocycles. The third-order valence-electron chi connectivity index (χ3n) is 5.48. The monoisotopic (exact) mass is 491 g/mol. The van der Waals surface area contributed by atoms with Crippen molar-refractivity contribution in [3.05, 3.63) is 88.4 Å². The van der Waals surface area contributed by atoms with E-state index in [1.54, 1.807) is 36.4 Å². The number of fused-ring (bicyclic) bond motifs is 1. The molecular weight excluding hydrogens is 466 g/mol. The molecule has 1 amide bonds. The lowest BCUT2D eigenvalue weighted by Crippen LogP contribution is -2.19. The van der Waals surface area contributed by atoms with Crippen molar-refractivity contribution in [2.24, 2.45) is 0 Å². The van der Waals surface area contributed by atoms with E-state index in [-0.39, 0.29) is 12.3 Å². The van der Waals surface area contributed by atoms with E-state index in [2.05, 4.69) is 10.6 Å². The van der Waals surface area contributed by atoms with E-state index >= 15 is 0 Å². The fraction of sp³-hybridized carbons (Fsp3) is 0.185. The summed E-state index contributed by atoms with van der Waals surface area (Å²) in [7, 11) is 3.98. The summed E-state index contributed by atoms with van der Waals surface area (Å²) < 4.78 is 5.77. The second-order valence-electron chi connectivity index (χ2n) is 8.47. The molecule has 1 aliphatic heterocycles. The van der Waals surface area contributed by atoms with Crippen LogP contribution in [0.15, 0.2) is 66.7 Å². The summed E-state index contributed by atoms with van der Waals surface area (Å²) in [6, 6.07) is 19.9. The first-order chi connectivity index (χ1) is 16.8. The van der Waals surface area contributed by atoms with Crippen LogP contribution in [0.3, 0.4) is 0 Å². The van der Waals surface area contributed by atoms with Gasteiger partial charge in [-0.15, -0.1) is 0 Å². The number of carbonyl (C=O) groups excluding carboxylic acids is 1. The minimum atomic E-state index is -0.923. The van der Waals surface area contributed by atoms with E-state index in [9.17, 15) is 14.7 Å². The Morgan fingerprint density at radius 2 is 1.86 bits per heavy atom. The van der Waals surface area contributed by atoms with Crippen LogP contribution >= 0.6 is 11.6 Å². The number of anilines is 2. The Balaban J connectivity index is 1.72. The Morgan fingerprint density at radius 3 is 2.57 bits per heavy atom. The Hall–Kier alpha value is -3.81. The van der Waals surface area contributed by atoms with Gasteiger partial charge >= 0.3 is 5.97 Å². The zero-order valence-electron chi connectivity index (χ0n) is 19.5. The van der Waals surface area contributed by atoms with Crippen LogP contribution in [-0.4, -0.2) is 49.1 Å². The summed E-state index contributed by atoms with van der Waals surface area (Å²) in [6.07, 6.45) is -0.117. The van der Waals surface area contributed by atoms with Gasteiger partial charge in [0.1, 0.15) is 12.4 Å². The van der Waals surface area contributed by atoms with Crippen molar-refractivity contribution in [1.82, 2.24) is 4.90 Å². The molecule has 0 bridgehead atoms. The van der Waals surface area contributed by atoms with Gasteiger partial charge in [0.25, 0.3) is 5.91 Å². The zero-order valence-corrected chi connectivity index (χ0v) is 20.2. The maximum atomic E-state index is 13.1. The van der Waals surface area contributed by atoms with Crippen LogP contribution in [0.25, 0.3) is 11.3 Å². The number of nitrogens with zero attached hydrogens (tertiary/aromatic N) is 1. The van der Waals surface area contributed by atoms with E-state index in [0.717, 1.165) is 18.0 Å². The number of carboxylic acids is 1. The first kappa shape index (κ1) is 24.3. The van der Waals surface area contributed by atoms with Gasteiger partial charge in [-0.05, 0) is 67.7 Å². The Bertz CT molecular complexity index is 1290. The molecular formula is C27H26ClN3O4. The van der Waals surface area contributed by atoms with Gasteiger partial charge in [-0.2, -0.15) is 0 Å². The second kappa shape index (κ2) is 10.6. The van der Waals surface area contributed by atoms with Crippen molar-refractivity contribution in [3.63, 3.8) is 0 Å². The third kappa shape index (κ3) is 6.01. The highest BCUT2D eigenvalue weighted by Gasteiger charge is 2.28. The average Bonchev–Trinajstić information content (AvgIpc) is 3.12.